The van der Waals surface area contributed by atoms with E-state index in [2.05, 4.69) is 33.9 Å². The average Bonchev–Trinajstić information content (AvgIpc) is 3.45. The van der Waals surface area contributed by atoms with Crippen LogP contribution in [0.5, 0.6) is 0 Å². The zero-order valence-corrected chi connectivity index (χ0v) is 16.1. The van der Waals surface area contributed by atoms with Crippen LogP contribution >= 0.6 is 0 Å². The molecular formula is C21H26N6O. The van der Waals surface area contributed by atoms with Crippen molar-refractivity contribution < 1.29 is 4.79 Å². The predicted octanol–water partition coefficient (Wildman–Crippen LogP) is 2.23. The van der Waals surface area contributed by atoms with Gasteiger partial charge < -0.3 is 10.6 Å². The summed E-state index contributed by atoms with van der Waals surface area (Å²) >= 11 is 0. The van der Waals surface area contributed by atoms with Gasteiger partial charge in [0, 0.05) is 18.4 Å². The molecule has 0 spiro atoms. The van der Waals surface area contributed by atoms with Crippen LogP contribution < -0.4 is 10.6 Å². The zero-order chi connectivity index (χ0) is 19.5. The van der Waals surface area contributed by atoms with E-state index >= 15 is 0 Å². The molecule has 2 fully saturated rings. The van der Waals surface area contributed by atoms with E-state index in [9.17, 15) is 10.1 Å². The monoisotopic (exact) mass is 378 g/mol. The summed E-state index contributed by atoms with van der Waals surface area (Å²) in [5.74, 6) is 0.500. The Kier molecular flexibility index (Phi) is 5.40. The highest BCUT2D eigenvalue weighted by atomic mass is 16.2. The molecule has 2 heterocycles. The first-order valence-corrected chi connectivity index (χ1v) is 10.1. The predicted molar refractivity (Wildman–Crippen MR) is 105 cm³/mol. The summed E-state index contributed by atoms with van der Waals surface area (Å²) in [5.41, 5.74) is 3.01. The highest BCUT2D eigenvalue weighted by Gasteiger charge is 2.27. The fourth-order valence-electron chi connectivity index (χ4n) is 3.74. The van der Waals surface area contributed by atoms with Gasteiger partial charge in [-0.25, -0.2) is 4.68 Å². The number of carbonyl (C=O) groups is 1. The lowest BCUT2D eigenvalue weighted by atomic mass is 9.98. The molecule has 1 amide bonds. The van der Waals surface area contributed by atoms with Crippen molar-refractivity contribution in [2.75, 3.05) is 0 Å². The number of hydrogen-bond acceptors (Lipinski definition) is 5. The molecule has 146 valence electrons. The summed E-state index contributed by atoms with van der Waals surface area (Å²) in [7, 11) is 0. The SMILES string of the molecule is CC1CCC[C@@H](C(=O)N[C@H](C#N)Cc2ccc(-n3cc(C4CC4)nn3)cc2)N1. The van der Waals surface area contributed by atoms with Crippen LogP contribution in [-0.4, -0.2) is 39.0 Å². The summed E-state index contributed by atoms with van der Waals surface area (Å²) in [5, 5.41) is 24.1. The molecule has 7 heteroatoms. The first kappa shape index (κ1) is 18.6. The van der Waals surface area contributed by atoms with E-state index < -0.39 is 6.04 Å². The minimum atomic E-state index is -0.537. The highest BCUT2D eigenvalue weighted by molar-refractivity contribution is 5.82. The zero-order valence-electron chi connectivity index (χ0n) is 16.1. The molecule has 1 aromatic carbocycles. The number of piperidine rings is 1. The average molecular weight is 378 g/mol. The van der Waals surface area contributed by atoms with Gasteiger partial charge in [0.2, 0.25) is 5.91 Å². The molecule has 1 saturated carbocycles. The minimum absolute atomic E-state index is 0.0788. The van der Waals surface area contributed by atoms with Gasteiger partial charge in [-0.05, 0) is 56.7 Å². The van der Waals surface area contributed by atoms with Gasteiger partial charge in [-0.2, -0.15) is 5.26 Å². The molecule has 1 aromatic heterocycles. The Morgan fingerprint density at radius 2 is 2.11 bits per heavy atom. The number of benzene rings is 1. The van der Waals surface area contributed by atoms with E-state index in [0.717, 1.165) is 36.2 Å². The largest absolute Gasteiger partial charge is 0.339 e. The molecule has 2 aliphatic rings. The summed E-state index contributed by atoms with van der Waals surface area (Å²) in [6.07, 6.45) is 7.83. The van der Waals surface area contributed by atoms with E-state index in [1.54, 1.807) is 4.68 Å². The molecule has 4 rings (SSSR count). The standard InChI is InChI=1S/C21H26N6O/c1-14-3-2-4-19(23-14)21(28)24-17(12-22)11-15-5-9-18(10-6-15)27-13-20(25-26-27)16-7-8-16/h5-6,9-10,13-14,16-17,19,23H,2-4,7-8,11H2,1H3,(H,24,28)/t14?,17-,19-/m0/s1. The Morgan fingerprint density at radius 3 is 2.79 bits per heavy atom. The maximum absolute atomic E-state index is 12.5. The van der Waals surface area contributed by atoms with Crippen LogP contribution in [0.2, 0.25) is 0 Å². The fourth-order valence-corrected chi connectivity index (χ4v) is 3.74. The maximum Gasteiger partial charge on any atom is 0.238 e. The molecule has 28 heavy (non-hydrogen) atoms. The molecule has 2 N–H and O–H groups in total. The maximum atomic E-state index is 12.5. The van der Waals surface area contributed by atoms with Crippen molar-refractivity contribution >= 4 is 5.91 Å². The second-order valence-corrected chi connectivity index (χ2v) is 7.97. The van der Waals surface area contributed by atoms with Gasteiger partial charge in [0.1, 0.15) is 6.04 Å². The Balaban J connectivity index is 1.35. The number of hydrogen-bond donors (Lipinski definition) is 2. The number of nitrogens with one attached hydrogen (secondary N) is 2. The van der Waals surface area contributed by atoms with E-state index in [1.807, 2.05) is 30.5 Å². The number of amides is 1. The highest BCUT2D eigenvalue weighted by Crippen LogP contribution is 2.38. The van der Waals surface area contributed by atoms with E-state index in [1.165, 1.54) is 12.8 Å². The van der Waals surface area contributed by atoms with Gasteiger partial charge in [0.25, 0.3) is 0 Å². The van der Waals surface area contributed by atoms with Crippen LogP contribution in [-0.2, 0) is 11.2 Å². The Morgan fingerprint density at radius 1 is 1.32 bits per heavy atom. The Bertz CT molecular complexity index is 864. The lowest BCUT2D eigenvalue weighted by Gasteiger charge is -2.28. The Labute approximate surface area is 165 Å². The lowest BCUT2D eigenvalue weighted by Crippen LogP contribution is -2.52. The van der Waals surface area contributed by atoms with Crippen LogP contribution in [0.3, 0.4) is 0 Å². The third-order valence-corrected chi connectivity index (χ3v) is 5.55. The number of nitrogens with zero attached hydrogens (tertiary/aromatic N) is 4. The molecule has 2 aromatic rings. The van der Waals surface area contributed by atoms with Gasteiger partial charge in [0.05, 0.1) is 29.7 Å². The second kappa shape index (κ2) is 8.11. The van der Waals surface area contributed by atoms with Gasteiger partial charge in [-0.1, -0.05) is 17.3 Å². The van der Waals surface area contributed by atoms with E-state index in [0.29, 0.717) is 18.4 Å². The van der Waals surface area contributed by atoms with Gasteiger partial charge in [-0.15, -0.1) is 5.10 Å². The number of nitriles is 1. The summed E-state index contributed by atoms with van der Waals surface area (Å²) < 4.78 is 1.79. The van der Waals surface area contributed by atoms with Gasteiger partial charge >= 0.3 is 0 Å². The molecule has 1 saturated heterocycles. The van der Waals surface area contributed by atoms with Crippen LogP contribution in [0.25, 0.3) is 5.69 Å². The molecular weight excluding hydrogens is 352 g/mol. The van der Waals surface area contributed by atoms with Crippen molar-refractivity contribution in [1.29, 1.82) is 5.26 Å². The quantitative estimate of drug-likeness (QED) is 0.804. The van der Waals surface area contributed by atoms with Crippen LogP contribution in [0.15, 0.2) is 30.5 Å². The number of rotatable bonds is 6. The first-order valence-electron chi connectivity index (χ1n) is 10.1. The van der Waals surface area contributed by atoms with Crippen molar-refractivity contribution in [3.8, 4) is 11.8 Å². The molecule has 0 bridgehead atoms. The van der Waals surface area contributed by atoms with Gasteiger partial charge in [0.15, 0.2) is 0 Å². The topological polar surface area (TPSA) is 95.6 Å². The van der Waals surface area contributed by atoms with Gasteiger partial charge in [-0.3, -0.25) is 4.79 Å². The molecule has 1 aliphatic heterocycles. The normalized spacial score (nSPS) is 23.0. The van der Waals surface area contributed by atoms with Crippen molar-refractivity contribution in [3.63, 3.8) is 0 Å². The summed E-state index contributed by atoms with van der Waals surface area (Å²) in [6, 6.07) is 9.72. The first-order chi connectivity index (χ1) is 13.6. The van der Waals surface area contributed by atoms with Crippen LogP contribution in [0.4, 0.5) is 0 Å². The smallest absolute Gasteiger partial charge is 0.238 e. The molecule has 7 nitrogen and oxygen atoms in total. The minimum Gasteiger partial charge on any atom is -0.339 e. The molecule has 0 radical (unpaired) electrons. The fraction of sp³-hybridized carbons (Fsp3) is 0.524. The van der Waals surface area contributed by atoms with E-state index in [-0.39, 0.29) is 11.9 Å². The molecule has 1 aliphatic carbocycles. The number of carbonyl (C=O) groups excluding carboxylic acids is 1. The van der Waals surface area contributed by atoms with Crippen molar-refractivity contribution in [1.82, 2.24) is 25.6 Å². The van der Waals surface area contributed by atoms with Crippen LogP contribution in [0, 0.1) is 11.3 Å². The third kappa shape index (κ3) is 4.39. The summed E-state index contributed by atoms with van der Waals surface area (Å²) in [4.78, 5) is 12.5. The van der Waals surface area contributed by atoms with Crippen molar-refractivity contribution in [3.05, 3.63) is 41.7 Å². The van der Waals surface area contributed by atoms with E-state index in [4.69, 9.17) is 0 Å². The Hall–Kier alpha value is -2.72. The second-order valence-electron chi connectivity index (χ2n) is 7.97. The third-order valence-electron chi connectivity index (χ3n) is 5.55. The number of aromatic nitrogens is 3. The van der Waals surface area contributed by atoms with Crippen molar-refractivity contribution in [2.45, 2.75) is 69.5 Å². The molecule has 1 unspecified atom stereocenters. The molecule has 3 atom stereocenters. The van der Waals surface area contributed by atoms with Crippen LogP contribution in [0.1, 0.15) is 56.2 Å². The van der Waals surface area contributed by atoms with Crippen molar-refractivity contribution in [2.24, 2.45) is 0 Å². The summed E-state index contributed by atoms with van der Waals surface area (Å²) in [6.45, 7) is 2.09. The lowest BCUT2D eigenvalue weighted by molar-refractivity contribution is -0.124.